The maximum absolute atomic E-state index is 10.7. The second-order valence-corrected chi connectivity index (χ2v) is 2.82. The standard InChI is InChI=1S/C7H8O4/c8-3-4-1-5-6(10-4)2-7(9)11-5/h3-6H,1-2H2/t4?,5-,6-/m1/s1. The van der Waals surface area contributed by atoms with Crippen LogP contribution in [-0.2, 0) is 19.1 Å². The van der Waals surface area contributed by atoms with Gasteiger partial charge in [0.05, 0.1) is 6.42 Å². The molecule has 2 heterocycles. The van der Waals surface area contributed by atoms with Gasteiger partial charge in [0.2, 0.25) is 0 Å². The summed E-state index contributed by atoms with van der Waals surface area (Å²) in [6.45, 7) is 0. The predicted octanol–water partition coefficient (Wildman–Crippen LogP) is -0.342. The van der Waals surface area contributed by atoms with Crippen molar-refractivity contribution in [1.82, 2.24) is 0 Å². The van der Waals surface area contributed by atoms with Crippen LogP contribution >= 0.6 is 0 Å². The average Bonchev–Trinajstić information content (AvgIpc) is 2.43. The highest BCUT2D eigenvalue weighted by Crippen LogP contribution is 2.30. The smallest absolute Gasteiger partial charge is 0.308 e. The van der Waals surface area contributed by atoms with Crippen molar-refractivity contribution in [3.63, 3.8) is 0 Å². The Hall–Kier alpha value is -0.900. The second kappa shape index (κ2) is 2.30. The van der Waals surface area contributed by atoms with Gasteiger partial charge in [0.25, 0.3) is 0 Å². The van der Waals surface area contributed by atoms with E-state index in [0.717, 1.165) is 6.29 Å². The van der Waals surface area contributed by atoms with E-state index in [1.807, 2.05) is 0 Å². The lowest BCUT2D eigenvalue weighted by atomic mass is 10.1. The summed E-state index contributed by atoms with van der Waals surface area (Å²) in [4.78, 5) is 20.9. The highest BCUT2D eigenvalue weighted by Gasteiger charge is 2.43. The molecule has 0 amide bonds. The molecule has 2 aliphatic heterocycles. The molecule has 0 saturated carbocycles. The molecule has 2 saturated heterocycles. The molecule has 1 unspecified atom stereocenters. The van der Waals surface area contributed by atoms with Crippen molar-refractivity contribution in [3.8, 4) is 0 Å². The van der Waals surface area contributed by atoms with E-state index in [1.165, 1.54) is 0 Å². The molecule has 2 aliphatic rings. The minimum absolute atomic E-state index is 0.169. The monoisotopic (exact) mass is 156 g/mol. The van der Waals surface area contributed by atoms with Crippen molar-refractivity contribution in [3.05, 3.63) is 0 Å². The summed E-state index contributed by atoms with van der Waals surface area (Å²) in [5.41, 5.74) is 0. The Labute approximate surface area is 63.5 Å². The molecule has 3 atom stereocenters. The quantitative estimate of drug-likeness (QED) is 0.385. The van der Waals surface area contributed by atoms with Crippen molar-refractivity contribution >= 4 is 12.3 Å². The Balaban J connectivity index is 2.03. The highest BCUT2D eigenvalue weighted by molar-refractivity contribution is 5.73. The maximum Gasteiger partial charge on any atom is 0.308 e. The van der Waals surface area contributed by atoms with E-state index in [1.54, 1.807) is 0 Å². The topological polar surface area (TPSA) is 52.6 Å². The fourth-order valence-electron chi connectivity index (χ4n) is 1.52. The summed E-state index contributed by atoms with van der Waals surface area (Å²) in [5, 5.41) is 0. The summed E-state index contributed by atoms with van der Waals surface area (Å²) in [6.07, 6.45) is 0.884. The first kappa shape index (κ1) is 6.79. The SMILES string of the molecule is O=CC1C[C@H]2OC(=O)C[C@H]2O1. The number of hydrogen-bond acceptors (Lipinski definition) is 4. The lowest BCUT2D eigenvalue weighted by Gasteiger charge is -2.02. The van der Waals surface area contributed by atoms with Crippen molar-refractivity contribution < 1.29 is 19.1 Å². The van der Waals surface area contributed by atoms with Gasteiger partial charge in [0, 0.05) is 6.42 Å². The Morgan fingerprint density at radius 2 is 2.27 bits per heavy atom. The molecule has 2 fully saturated rings. The van der Waals surface area contributed by atoms with Crippen LogP contribution in [0.15, 0.2) is 0 Å². The van der Waals surface area contributed by atoms with Crippen LogP contribution in [0.5, 0.6) is 0 Å². The van der Waals surface area contributed by atoms with Gasteiger partial charge in [-0.05, 0) is 0 Å². The molecule has 0 radical (unpaired) electrons. The fourth-order valence-corrected chi connectivity index (χ4v) is 1.52. The van der Waals surface area contributed by atoms with Crippen LogP contribution in [0.1, 0.15) is 12.8 Å². The van der Waals surface area contributed by atoms with E-state index in [9.17, 15) is 9.59 Å². The van der Waals surface area contributed by atoms with Crippen LogP contribution in [0.2, 0.25) is 0 Å². The zero-order valence-electron chi connectivity index (χ0n) is 5.86. The van der Waals surface area contributed by atoms with Crippen molar-refractivity contribution in [2.45, 2.75) is 31.2 Å². The molecule has 0 N–H and O–H groups in total. The van der Waals surface area contributed by atoms with E-state index in [-0.39, 0.29) is 24.3 Å². The van der Waals surface area contributed by atoms with Crippen molar-refractivity contribution in [1.29, 1.82) is 0 Å². The third kappa shape index (κ3) is 1.03. The van der Waals surface area contributed by atoms with Gasteiger partial charge in [-0.2, -0.15) is 0 Å². The van der Waals surface area contributed by atoms with E-state index in [4.69, 9.17) is 9.47 Å². The number of hydrogen-bond donors (Lipinski definition) is 0. The third-order valence-electron chi connectivity index (χ3n) is 2.03. The largest absolute Gasteiger partial charge is 0.459 e. The Morgan fingerprint density at radius 3 is 2.91 bits per heavy atom. The van der Waals surface area contributed by atoms with Crippen LogP contribution in [0.4, 0.5) is 0 Å². The summed E-state index contributed by atoms with van der Waals surface area (Å²) in [7, 11) is 0. The van der Waals surface area contributed by atoms with Gasteiger partial charge in [0.15, 0.2) is 0 Å². The van der Waals surface area contributed by atoms with E-state index in [0.29, 0.717) is 12.8 Å². The lowest BCUT2D eigenvalue weighted by Crippen LogP contribution is -2.13. The Morgan fingerprint density at radius 1 is 1.45 bits per heavy atom. The van der Waals surface area contributed by atoms with E-state index >= 15 is 0 Å². The number of aldehydes is 1. The molecule has 0 aromatic carbocycles. The van der Waals surface area contributed by atoms with Gasteiger partial charge in [0.1, 0.15) is 24.6 Å². The van der Waals surface area contributed by atoms with E-state index in [2.05, 4.69) is 0 Å². The van der Waals surface area contributed by atoms with Gasteiger partial charge in [-0.3, -0.25) is 4.79 Å². The first-order chi connectivity index (χ1) is 5.29. The lowest BCUT2D eigenvalue weighted by molar-refractivity contribution is -0.141. The Kier molecular flexibility index (Phi) is 1.42. The molecular formula is C7H8O4. The average molecular weight is 156 g/mol. The number of ether oxygens (including phenoxy) is 2. The van der Waals surface area contributed by atoms with Gasteiger partial charge < -0.3 is 14.3 Å². The zero-order chi connectivity index (χ0) is 7.84. The maximum atomic E-state index is 10.7. The summed E-state index contributed by atoms with van der Waals surface area (Å²) in [6, 6.07) is 0. The fraction of sp³-hybridized carbons (Fsp3) is 0.714. The molecule has 0 aromatic rings. The molecule has 2 rings (SSSR count). The Bertz CT molecular complexity index is 185. The molecule has 11 heavy (non-hydrogen) atoms. The number of carbonyl (C=O) groups excluding carboxylic acids is 2. The molecule has 0 bridgehead atoms. The summed E-state index contributed by atoms with van der Waals surface area (Å²) in [5.74, 6) is -0.218. The van der Waals surface area contributed by atoms with E-state index < -0.39 is 0 Å². The van der Waals surface area contributed by atoms with Crippen molar-refractivity contribution in [2.24, 2.45) is 0 Å². The van der Waals surface area contributed by atoms with Gasteiger partial charge in [-0.15, -0.1) is 0 Å². The van der Waals surface area contributed by atoms with Gasteiger partial charge >= 0.3 is 5.97 Å². The van der Waals surface area contributed by atoms with Crippen LogP contribution in [0.25, 0.3) is 0 Å². The van der Waals surface area contributed by atoms with Crippen LogP contribution < -0.4 is 0 Å². The molecule has 0 spiro atoms. The molecule has 0 aliphatic carbocycles. The highest BCUT2D eigenvalue weighted by atomic mass is 16.6. The van der Waals surface area contributed by atoms with Crippen LogP contribution in [0, 0.1) is 0 Å². The normalized spacial score (nSPS) is 41.8. The molecule has 0 aromatic heterocycles. The number of esters is 1. The number of carbonyl (C=O) groups is 2. The minimum atomic E-state index is -0.363. The number of fused-ring (bicyclic) bond motifs is 1. The second-order valence-electron chi connectivity index (χ2n) is 2.82. The summed E-state index contributed by atoms with van der Waals surface area (Å²) >= 11 is 0. The first-order valence-corrected chi connectivity index (χ1v) is 3.60. The molecule has 60 valence electrons. The summed E-state index contributed by atoms with van der Waals surface area (Å²) < 4.78 is 10.1. The zero-order valence-corrected chi connectivity index (χ0v) is 5.86. The first-order valence-electron chi connectivity index (χ1n) is 3.60. The number of rotatable bonds is 1. The molecule has 4 heteroatoms. The molecular weight excluding hydrogens is 148 g/mol. The van der Waals surface area contributed by atoms with Crippen LogP contribution in [-0.4, -0.2) is 30.6 Å². The van der Waals surface area contributed by atoms with Gasteiger partial charge in [-0.25, -0.2) is 0 Å². The van der Waals surface area contributed by atoms with Gasteiger partial charge in [-0.1, -0.05) is 0 Å². The molecule has 4 nitrogen and oxygen atoms in total. The predicted molar refractivity (Wildman–Crippen MR) is 33.8 cm³/mol. The van der Waals surface area contributed by atoms with Crippen LogP contribution in [0.3, 0.4) is 0 Å². The van der Waals surface area contributed by atoms with Crippen molar-refractivity contribution in [2.75, 3.05) is 0 Å². The third-order valence-corrected chi connectivity index (χ3v) is 2.03. The minimum Gasteiger partial charge on any atom is -0.459 e.